The Hall–Kier alpha value is -3.21. The van der Waals surface area contributed by atoms with Gasteiger partial charge >= 0.3 is 5.97 Å². The highest BCUT2D eigenvalue weighted by atomic mass is 16.5. The van der Waals surface area contributed by atoms with Crippen LogP contribution in [-0.2, 0) is 0 Å². The molecule has 1 N–H and O–H groups in total. The summed E-state index contributed by atoms with van der Waals surface area (Å²) >= 11 is 0. The summed E-state index contributed by atoms with van der Waals surface area (Å²) in [4.78, 5) is 28.6. The van der Waals surface area contributed by atoms with Gasteiger partial charge in [0.2, 0.25) is 0 Å². The van der Waals surface area contributed by atoms with Crippen molar-refractivity contribution in [3.05, 3.63) is 59.2 Å². The van der Waals surface area contributed by atoms with Crippen molar-refractivity contribution in [3.8, 4) is 17.0 Å². The summed E-state index contributed by atoms with van der Waals surface area (Å²) in [5, 5.41) is 9.96. The molecule has 0 atom stereocenters. The largest absolute Gasteiger partial charge is 0.496 e. The average molecular weight is 305 g/mol. The predicted octanol–water partition coefficient (Wildman–Crippen LogP) is 3.15. The van der Waals surface area contributed by atoms with Crippen LogP contribution in [-0.4, -0.2) is 29.0 Å². The summed E-state index contributed by atoms with van der Waals surface area (Å²) in [7, 11) is 1.51. The number of nitrogens with zero attached hydrogens (tertiary/aromatic N) is 1. The molecule has 0 bridgehead atoms. The lowest BCUT2D eigenvalue weighted by Crippen LogP contribution is -2.01. The van der Waals surface area contributed by atoms with E-state index in [9.17, 15) is 14.7 Å². The molecule has 0 aliphatic heterocycles. The van der Waals surface area contributed by atoms with Crippen molar-refractivity contribution in [2.75, 3.05) is 7.11 Å². The van der Waals surface area contributed by atoms with Gasteiger partial charge in [-0.05, 0) is 18.2 Å². The van der Waals surface area contributed by atoms with Gasteiger partial charge in [0.25, 0.3) is 0 Å². The number of pyridine rings is 1. The van der Waals surface area contributed by atoms with Gasteiger partial charge in [-0.25, -0.2) is 9.78 Å². The lowest BCUT2D eigenvalue weighted by Gasteiger charge is -2.06. The molecule has 1 aliphatic rings. The van der Waals surface area contributed by atoms with E-state index < -0.39 is 5.97 Å². The molecule has 112 valence electrons. The van der Waals surface area contributed by atoms with Crippen molar-refractivity contribution in [1.29, 1.82) is 0 Å². The van der Waals surface area contributed by atoms with E-state index in [0.29, 0.717) is 39.0 Å². The summed E-state index contributed by atoms with van der Waals surface area (Å²) in [5.41, 5.74) is 2.62. The minimum absolute atomic E-state index is 0.120. The predicted molar refractivity (Wildman–Crippen MR) is 84.1 cm³/mol. The normalized spacial score (nSPS) is 12.1. The van der Waals surface area contributed by atoms with Crippen molar-refractivity contribution >= 4 is 22.7 Å². The third kappa shape index (κ3) is 1.76. The Balaban J connectivity index is 2.09. The summed E-state index contributed by atoms with van der Waals surface area (Å²) in [6.45, 7) is 0. The lowest BCUT2D eigenvalue weighted by molar-refractivity contribution is 0.0698. The minimum Gasteiger partial charge on any atom is -0.496 e. The zero-order valence-corrected chi connectivity index (χ0v) is 12.2. The number of carbonyl (C=O) groups excluding carboxylic acids is 1. The van der Waals surface area contributed by atoms with Crippen LogP contribution >= 0.6 is 0 Å². The molecule has 3 aromatic rings. The first kappa shape index (κ1) is 13.5. The van der Waals surface area contributed by atoms with Crippen LogP contribution in [0.2, 0.25) is 0 Å². The quantitative estimate of drug-likeness (QED) is 0.615. The number of hydrogen-bond donors (Lipinski definition) is 1. The lowest BCUT2D eigenvalue weighted by atomic mass is 10.1. The summed E-state index contributed by atoms with van der Waals surface area (Å²) in [5.74, 6) is -0.700. The number of hydrogen-bond acceptors (Lipinski definition) is 4. The number of methoxy groups -OCH3 is 1. The molecule has 0 amide bonds. The average Bonchev–Trinajstić information content (AvgIpc) is 2.85. The fourth-order valence-corrected chi connectivity index (χ4v) is 3.02. The minimum atomic E-state index is -1.04. The van der Waals surface area contributed by atoms with Gasteiger partial charge in [-0.3, -0.25) is 4.79 Å². The molecule has 0 spiro atoms. The molecule has 2 aromatic carbocycles. The number of carbonyl (C=O) groups is 2. The number of carboxylic acid groups (broad SMARTS) is 1. The second-order valence-electron chi connectivity index (χ2n) is 5.28. The van der Waals surface area contributed by atoms with Gasteiger partial charge in [0, 0.05) is 16.5 Å². The monoisotopic (exact) mass is 305 g/mol. The number of aromatic nitrogens is 1. The molecule has 4 rings (SSSR count). The number of benzene rings is 2. The van der Waals surface area contributed by atoms with Gasteiger partial charge in [-0.1, -0.05) is 24.3 Å². The highest BCUT2D eigenvalue weighted by molar-refractivity contribution is 6.24. The van der Waals surface area contributed by atoms with Crippen LogP contribution in [0.5, 0.6) is 5.75 Å². The number of fused-ring (bicyclic) bond motifs is 4. The van der Waals surface area contributed by atoms with Crippen molar-refractivity contribution < 1.29 is 19.4 Å². The van der Waals surface area contributed by atoms with Gasteiger partial charge < -0.3 is 9.84 Å². The molecule has 1 aromatic heterocycles. The summed E-state index contributed by atoms with van der Waals surface area (Å²) in [6.07, 6.45) is 0. The molecule has 1 aliphatic carbocycles. The number of ether oxygens (including phenoxy) is 1. The fraction of sp³-hybridized carbons (Fsp3) is 0.0556. The molecule has 0 fully saturated rings. The first-order valence-corrected chi connectivity index (χ1v) is 7.01. The molecule has 1 heterocycles. The van der Waals surface area contributed by atoms with Gasteiger partial charge in [0.1, 0.15) is 5.75 Å². The van der Waals surface area contributed by atoms with Gasteiger partial charge in [-0.15, -0.1) is 0 Å². The maximum Gasteiger partial charge on any atom is 0.337 e. The smallest absolute Gasteiger partial charge is 0.337 e. The topological polar surface area (TPSA) is 76.5 Å². The van der Waals surface area contributed by atoms with Crippen LogP contribution in [0.4, 0.5) is 0 Å². The van der Waals surface area contributed by atoms with Crippen LogP contribution in [0.1, 0.15) is 26.3 Å². The molecule has 0 radical (unpaired) electrons. The van der Waals surface area contributed by atoms with E-state index in [4.69, 9.17) is 4.74 Å². The summed E-state index contributed by atoms with van der Waals surface area (Å²) < 4.78 is 5.28. The maximum atomic E-state index is 12.7. The number of aromatic carboxylic acids is 1. The molecular weight excluding hydrogens is 294 g/mol. The Kier molecular flexibility index (Phi) is 2.72. The SMILES string of the molecule is COc1cccc2c1C(=O)c1cc3cccc(C(=O)O)c3nc1-2. The molecule has 5 heteroatoms. The van der Waals surface area contributed by atoms with E-state index in [2.05, 4.69) is 4.98 Å². The number of ketones is 1. The van der Waals surface area contributed by atoms with Gasteiger partial charge in [0.15, 0.2) is 5.78 Å². The Morgan fingerprint density at radius 3 is 2.65 bits per heavy atom. The molecule has 0 saturated heterocycles. The maximum absolute atomic E-state index is 12.7. The van der Waals surface area contributed by atoms with E-state index in [1.807, 2.05) is 0 Å². The third-order valence-electron chi connectivity index (χ3n) is 4.05. The van der Waals surface area contributed by atoms with E-state index >= 15 is 0 Å². The van der Waals surface area contributed by atoms with Crippen LogP contribution in [0.3, 0.4) is 0 Å². The fourth-order valence-electron chi connectivity index (χ4n) is 3.02. The number of rotatable bonds is 2. The summed E-state index contributed by atoms with van der Waals surface area (Å²) in [6, 6.07) is 11.9. The number of para-hydroxylation sites is 1. The van der Waals surface area contributed by atoms with Crippen LogP contribution in [0.15, 0.2) is 42.5 Å². The van der Waals surface area contributed by atoms with Crippen molar-refractivity contribution in [3.63, 3.8) is 0 Å². The molecular formula is C18H11NO4. The second kappa shape index (κ2) is 4.64. The van der Waals surface area contributed by atoms with Crippen molar-refractivity contribution in [2.24, 2.45) is 0 Å². The van der Waals surface area contributed by atoms with E-state index in [0.717, 1.165) is 0 Å². The van der Waals surface area contributed by atoms with Crippen LogP contribution in [0.25, 0.3) is 22.2 Å². The van der Waals surface area contributed by atoms with E-state index in [-0.39, 0.29) is 11.3 Å². The molecule has 5 nitrogen and oxygen atoms in total. The first-order chi connectivity index (χ1) is 11.1. The standard InChI is InChI=1S/C18H11NO4/c1-23-13-7-3-5-10-14(13)17(20)12-8-9-4-2-6-11(18(21)22)15(9)19-16(10)12/h2-8H,1H3,(H,21,22). The van der Waals surface area contributed by atoms with Gasteiger partial charge in [-0.2, -0.15) is 0 Å². The molecule has 0 saturated carbocycles. The Labute approximate surface area is 131 Å². The Bertz CT molecular complexity index is 1010. The van der Waals surface area contributed by atoms with Crippen molar-refractivity contribution in [2.45, 2.75) is 0 Å². The zero-order chi connectivity index (χ0) is 16.1. The zero-order valence-electron chi connectivity index (χ0n) is 12.2. The van der Waals surface area contributed by atoms with E-state index in [1.165, 1.54) is 13.2 Å². The van der Waals surface area contributed by atoms with Gasteiger partial charge in [0.05, 0.1) is 29.4 Å². The number of carboxylic acids is 1. The van der Waals surface area contributed by atoms with Crippen LogP contribution in [0, 0.1) is 0 Å². The molecule has 0 unspecified atom stereocenters. The van der Waals surface area contributed by atoms with Crippen molar-refractivity contribution in [1.82, 2.24) is 4.98 Å². The highest BCUT2D eigenvalue weighted by Crippen LogP contribution is 2.41. The highest BCUT2D eigenvalue weighted by Gasteiger charge is 2.31. The van der Waals surface area contributed by atoms with E-state index in [1.54, 1.807) is 36.4 Å². The Morgan fingerprint density at radius 2 is 1.91 bits per heavy atom. The van der Waals surface area contributed by atoms with Crippen LogP contribution < -0.4 is 4.74 Å². The third-order valence-corrected chi connectivity index (χ3v) is 4.05. The second-order valence-corrected chi connectivity index (χ2v) is 5.28. The first-order valence-electron chi connectivity index (χ1n) is 7.01. The molecule has 23 heavy (non-hydrogen) atoms. The Morgan fingerprint density at radius 1 is 1.13 bits per heavy atom.